The highest BCUT2D eigenvalue weighted by atomic mass is 32.1. The number of hydrogen-bond acceptors (Lipinski definition) is 5. The Kier molecular flexibility index (Phi) is 5.80. The molecular formula is C26H31N3O4S. The van der Waals surface area contributed by atoms with Crippen molar-refractivity contribution in [3.8, 4) is 11.5 Å². The lowest BCUT2D eigenvalue weighted by Crippen LogP contribution is -2.65. The van der Waals surface area contributed by atoms with Gasteiger partial charge in [0.1, 0.15) is 11.2 Å². The minimum absolute atomic E-state index is 0.118. The quantitative estimate of drug-likeness (QED) is 0.566. The van der Waals surface area contributed by atoms with Crippen molar-refractivity contribution in [2.45, 2.75) is 57.7 Å². The van der Waals surface area contributed by atoms with Gasteiger partial charge in [-0.2, -0.15) is 0 Å². The summed E-state index contributed by atoms with van der Waals surface area (Å²) in [5.74, 6) is 1.18. The molecule has 1 aromatic carbocycles. The van der Waals surface area contributed by atoms with Gasteiger partial charge in [-0.1, -0.05) is 19.8 Å². The van der Waals surface area contributed by atoms with Crippen molar-refractivity contribution in [3.63, 3.8) is 0 Å². The molecule has 7 nitrogen and oxygen atoms in total. The third kappa shape index (κ3) is 3.55. The number of carbonyl (C=O) groups excluding carboxylic acids is 2. The Morgan fingerprint density at radius 1 is 1.12 bits per heavy atom. The first-order chi connectivity index (χ1) is 16.4. The zero-order valence-electron chi connectivity index (χ0n) is 20.1. The number of thiophene rings is 1. The number of methoxy groups -OCH3 is 2. The highest BCUT2D eigenvalue weighted by Crippen LogP contribution is 2.40. The highest BCUT2D eigenvalue weighted by molar-refractivity contribution is 7.17. The summed E-state index contributed by atoms with van der Waals surface area (Å²) in [4.78, 5) is 29.6. The Morgan fingerprint density at radius 2 is 1.88 bits per heavy atom. The summed E-state index contributed by atoms with van der Waals surface area (Å²) in [6, 6.07) is 9.42. The summed E-state index contributed by atoms with van der Waals surface area (Å²) in [5.41, 5.74) is 1.07. The van der Waals surface area contributed by atoms with Gasteiger partial charge in [0.15, 0.2) is 11.5 Å². The maximum Gasteiger partial charge on any atom is 0.275 e. The number of rotatable bonds is 5. The molecule has 0 unspecified atom stereocenters. The summed E-state index contributed by atoms with van der Waals surface area (Å²) in [7, 11) is 3.14. The van der Waals surface area contributed by atoms with E-state index in [4.69, 9.17) is 9.47 Å². The van der Waals surface area contributed by atoms with E-state index in [1.807, 2.05) is 35.1 Å². The summed E-state index contributed by atoms with van der Waals surface area (Å²) >= 11 is 1.60. The van der Waals surface area contributed by atoms with Crippen molar-refractivity contribution in [2.75, 3.05) is 19.1 Å². The van der Waals surface area contributed by atoms with Crippen molar-refractivity contribution < 1.29 is 19.1 Å². The topological polar surface area (TPSA) is 72.8 Å². The number of hydrogen-bond donors (Lipinski definition) is 1. The van der Waals surface area contributed by atoms with Gasteiger partial charge < -0.3 is 19.4 Å². The molecule has 5 rings (SSSR count). The van der Waals surface area contributed by atoms with E-state index in [1.165, 1.54) is 6.42 Å². The van der Waals surface area contributed by atoms with Gasteiger partial charge in [0.2, 0.25) is 5.91 Å². The first kappa shape index (κ1) is 22.8. The van der Waals surface area contributed by atoms with E-state index in [2.05, 4.69) is 12.2 Å². The molecule has 3 aromatic rings. The molecule has 8 heteroatoms. The molecule has 1 aliphatic carbocycles. The molecule has 1 aliphatic heterocycles. The summed E-state index contributed by atoms with van der Waals surface area (Å²) in [6.45, 7) is 4.44. The van der Waals surface area contributed by atoms with Gasteiger partial charge in [0.05, 0.1) is 31.0 Å². The lowest BCUT2D eigenvalue weighted by molar-refractivity contribution is -0.127. The number of benzene rings is 1. The van der Waals surface area contributed by atoms with Crippen LogP contribution in [0.25, 0.3) is 10.2 Å². The monoisotopic (exact) mass is 481 g/mol. The van der Waals surface area contributed by atoms with Crippen molar-refractivity contribution in [3.05, 3.63) is 41.4 Å². The molecule has 0 spiro atoms. The van der Waals surface area contributed by atoms with Crippen LogP contribution < -0.4 is 19.7 Å². The van der Waals surface area contributed by atoms with Crippen molar-refractivity contribution in [1.29, 1.82) is 0 Å². The average Bonchev–Trinajstić information content (AvgIpc) is 3.43. The Bertz CT molecular complexity index is 1250. The molecule has 1 fully saturated rings. The number of carbonyl (C=O) groups is 2. The van der Waals surface area contributed by atoms with Crippen LogP contribution >= 0.6 is 11.3 Å². The summed E-state index contributed by atoms with van der Waals surface area (Å²) < 4.78 is 13.9. The van der Waals surface area contributed by atoms with Crippen LogP contribution in [0.4, 0.5) is 5.69 Å². The summed E-state index contributed by atoms with van der Waals surface area (Å²) in [5, 5.41) is 5.33. The Hall–Kier alpha value is -3.00. The van der Waals surface area contributed by atoms with Crippen LogP contribution in [0.15, 0.2) is 35.7 Å². The molecule has 0 radical (unpaired) electrons. The van der Waals surface area contributed by atoms with E-state index < -0.39 is 5.54 Å². The van der Waals surface area contributed by atoms with E-state index in [0.29, 0.717) is 35.3 Å². The number of nitrogens with zero attached hydrogens (tertiary/aromatic N) is 2. The fourth-order valence-corrected chi connectivity index (χ4v) is 6.26. The minimum atomic E-state index is -1.12. The predicted molar refractivity (Wildman–Crippen MR) is 134 cm³/mol. The first-order valence-corrected chi connectivity index (χ1v) is 12.7. The van der Waals surface area contributed by atoms with Crippen molar-refractivity contribution >= 4 is 39.1 Å². The SMILES string of the molecule is COc1ccc(N2C(=O)c3cc4sccc4n3C[C@]2(C)C(=O)N[C@@H]2CCCC[C@@H]2C)cc1OC. The summed E-state index contributed by atoms with van der Waals surface area (Å²) in [6.07, 6.45) is 4.39. The second-order valence-electron chi connectivity index (χ2n) is 9.58. The highest BCUT2D eigenvalue weighted by Gasteiger charge is 2.49. The third-order valence-corrected chi connectivity index (χ3v) is 8.30. The van der Waals surface area contributed by atoms with Crippen LogP contribution in [0, 0.1) is 5.92 Å². The number of nitrogens with one attached hydrogen (secondary N) is 1. The van der Waals surface area contributed by atoms with Gasteiger partial charge in [0, 0.05) is 17.8 Å². The Balaban J connectivity index is 1.61. The molecule has 180 valence electrons. The van der Waals surface area contributed by atoms with Crippen LogP contribution in [0.1, 0.15) is 50.0 Å². The van der Waals surface area contributed by atoms with Gasteiger partial charge in [-0.25, -0.2) is 0 Å². The zero-order valence-corrected chi connectivity index (χ0v) is 20.9. The molecule has 1 saturated carbocycles. The second kappa shape index (κ2) is 8.65. The van der Waals surface area contributed by atoms with E-state index >= 15 is 0 Å². The maximum atomic E-state index is 14.0. The number of aromatic nitrogens is 1. The Morgan fingerprint density at radius 3 is 2.62 bits per heavy atom. The van der Waals surface area contributed by atoms with Gasteiger partial charge in [-0.05, 0) is 55.3 Å². The minimum Gasteiger partial charge on any atom is -0.493 e. The molecule has 3 atom stereocenters. The fourth-order valence-electron chi connectivity index (χ4n) is 5.44. The standard InChI is InChI=1S/C26H31N3O4S/c1-16-7-5-6-8-18(16)27-25(31)26(2)15-28-19-11-12-34-23(19)14-20(28)24(30)29(26)17-9-10-21(32-3)22(13-17)33-4/h9-14,16,18H,5-8,15H2,1-4H3,(H,27,31)/t16-,18+,26+/m0/s1. The van der Waals surface area contributed by atoms with E-state index in [1.54, 1.807) is 42.6 Å². The van der Waals surface area contributed by atoms with E-state index in [0.717, 1.165) is 29.5 Å². The smallest absolute Gasteiger partial charge is 0.275 e. The van der Waals surface area contributed by atoms with Crippen LogP contribution in [-0.2, 0) is 11.3 Å². The van der Waals surface area contributed by atoms with Crippen LogP contribution in [0.3, 0.4) is 0 Å². The number of fused-ring (bicyclic) bond motifs is 3. The Labute approximate surface area is 203 Å². The van der Waals surface area contributed by atoms with Crippen molar-refractivity contribution in [1.82, 2.24) is 9.88 Å². The number of amides is 2. The molecule has 2 aromatic heterocycles. The number of ether oxygens (including phenoxy) is 2. The lowest BCUT2D eigenvalue weighted by atomic mass is 9.84. The van der Waals surface area contributed by atoms with Gasteiger partial charge in [0.25, 0.3) is 5.91 Å². The molecule has 0 bridgehead atoms. The number of anilines is 1. The molecule has 1 N–H and O–H groups in total. The molecular weight excluding hydrogens is 450 g/mol. The van der Waals surface area contributed by atoms with Gasteiger partial charge in [-0.3, -0.25) is 14.5 Å². The third-order valence-electron chi connectivity index (χ3n) is 7.45. The fraction of sp³-hybridized carbons (Fsp3) is 0.462. The molecule has 0 saturated heterocycles. The lowest BCUT2D eigenvalue weighted by Gasteiger charge is -2.45. The van der Waals surface area contributed by atoms with Crippen LogP contribution in [0.2, 0.25) is 0 Å². The van der Waals surface area contributed by atoms with E-state index in [9.17, 15) is 9.59 Å². The molecule has 2 aliphatic rings. The van der Waals surface area contributed by atoms with Gasteiger partial charge in [-0.15, -0.1) is 11.3 Å². The predicted octanol–water partition coefficient (Wildman–Crippen LogP) is 4.83. The van der Waals surface area contributed by atoms with E-state index in [-0.39, 0.29) is 17.9 Å². The van der Waals surface area contributed by atoms with Crippen LogP contribution in [-0.4, -0.2) is 42.2 Å². The normalized spacial score (nSPS) is 24.7. The maximum absolute atomic E-state index is 14.0. The van der Waals surface area contributed by atoms with Crippen molar-refractivity contribution in [2.24, 2.45) is 5.92 Å². The van der Waals surface area contributed by atoms with Gasteiger partial charge >= 0.3 is 0 Å². The molecule has 34 heavy (non-hydrogen) atoms. The second-order valence-corrected chi connectivity index (χ2v) is 10.5. The largest absolute Gasteiger partial charge is 0.493 e. The molecule has 2 amide bonds. The molecule has 3 heterocycles. The average molecular weight is 482 g/mol. The first-order valence-electron chi connectivity index (χ1n) is 11.8. The zero-order chi connectivity index (χ0) is 24.0. The van der Waals surface area contributed by atoms with Crippen LogP contribution in [0.5, 0.6) is 11.5 Å².